The maximum Gasteiger partial charge on any atom is 0.312 e. The summed E-state index contributed by atoms with van der Waals surface area (Å²) in [4.78, 5) is 14.5. The van der Waals surface area contributed by atoms with E-state index in [0.717, 1.165) is 0 Å². The van der Waals surface area contributed by atoms with Crippen LogP contribution in [0, 0.1) is 10.1 Å². The molecule has 2 heterocycles. The Hall–Kier alpha value is -2.03. The third-order valence-electron chi connectivity index (χ3n) is 2.65. The zero-order valence-electron chi connectivity index (χ0n) is 10.9. The van der Waals surface area contributed by atoms with Crippen LogP contribution in [0.15, 0.2) is 23.1 Å². The topological polar surface area (TPSA) is 98.8 Å². The molecule has 0 aliphatic carbocycles. The van der Waals surface area contributed by atoms with Gasteiger partial charge in [-0.25, -0.2) is 4.98 Å². The molecule has 9 heteroatoms. The molecular weight excluding hydrogens is 328 g/mol. The van der Waals surface area contributed by atoms with E-state index in [1.54, 1.807) is 6.33 Å². The van der Waals surface area contributed by atoms with Gasteiger partial charge in [-0.05, 0) is 29.8 Å². The van der Waals surface area contributed by atoms with Gasteiger partial charge in [0.05, 0.1) is 11.5 Å². The van der Waals surface area contributed by atoms with E-state index >= 15 is 0 Å². The molecule has 0 fully saturated rings. The van der Waals surface area contributed by atoms with Crippen molar-refractivity contribution >= 4 is 27.4 Å². The molecule has 1 N–H and O–H groups in total. The van der Waals surface area contributed by atoms with Crippen LogP contribution in [0.3, 0.4) is 0 Å². The Labute approximate surface area is 123 Å². The van der Waals surface area contributed by atoms with Gasteiger partial charge >= 0.3 is 5.69 Å². The van der Waals surface area contributed by atoms with Crippen molar-refractivity contribution in [2.24, 2.45) is 0 Å². The first-order valence-corrected chi connectivity index (χ1v) is 6.70. The number of aromatic nitrogens is 4. The molecule has 2 aromatic rings. The Kier molecular flexibility index (Phi) is 4.28. The summed E-state index contributed by atoms with van der Waals surface area (Å²) in [5.41, 5.74) is -0.0880. The van der Waals surface area contributed by atoms with Crippen LogP contribution in [0.2, 0.25) is 0 Å². The van der Waals surface area contributed by atoms with Crippen molar-refractivity contribution in [2.45, 2.75) is 26.4 Å². The molecule has 0 saturated carbocycles. The van der Waals surface area contributed by atoms with E-state index in [1.165, 1.54) is 12.3 Å². The van der Waals surface area contributed by atoms with Gasteiger partial charge in [0.2, 0.25) is 5.82 Å². The molecule has 0 atom stereocenters. The van der Waals surface area contributed by atoms with E-state index in [2.05, 4.69) is 36.4 Å². The fourth-order valence-corrected chi connectivity index (χ4v) is 2.01. The van der Waals surface area contributed by atoms with Crippen molar-refractivity contribution in [2.75, 3.05) is 5.32 Å². The van der Waals surface area contributed by atoms with Gasteiger partial charge in [-0.2, -0.15) is 0 Å². The quantitative estimate of drug-likeness (QED) is 0.663. The van der Waals surface area contributed by atoms with Crippen molar-refractivity contribution in [3.8, 4) is 0 Å². The molecule has 20 heavy (non-hydrogen) atoms. The monoisotopic (exact) mass is 340 g/mol. The highest BCUT2D eigenvalue weighted by atomic mass is 79.9. The van der Waals surface area contributed by atoms with E-state index in [9.17, 15) is 10.1 Å². The molecule has 106 valence electrons. The van der Waals surface area contributed by atoms with Crippen LogP contribution in [0.5, 0.6) is 0 Å². The summed E-state index contributed by atoms with van der Waals surface area (Å²) >= 11 is 3.16. The first-order valence-electron chi connectivity index (χ1n) is 5.91. The van der Waals surface area contributed by atoms with E-state index < -0.39 is 4.92 Å². The number of hydrogen-bond donors (Lipinski definition) is 1. The van der Waals surface area contributed by atoms with Crippen molar-refractivity contribution in [3.05, 3.63) is 39.0 Å². The van der Waals surface area contributed by atoms with Gasteiger partial charge in [0.15, 0.2) is 5.82 Å². The number of hydrogen-bond acceptors (Lipinski definition) is 6. The molecular formula is C11H13BrN6O2. The first kappa shape index (κ1) is 14.4. The van der Waals surface area contributed by atoms with Crippen LogP contribution >= 0.6 is 15.9 Å². The number of nitrogens with one attached hydrogen (secondary N) is 1. The molecule has 0 aliphatic rings. The first-order chi connectivity index (χ1) is 9.49. The number of pyridine rings is 1. The second kappa shape index (κ2) is 5.95. The highest BCUT2D eigenvalue weighted by Gasteiger charge is 2.16. The number of nitro groups is 1. The maximum atomic E-state index is 11.0. The molecule has 0 aromatic carbocycles. The Morgan fingerprint density at radius 1 is 1.55 bits per heavy atom. The molecule has 2 aromatic heterocycles. The molecule has 0 amide bonds. The van der Waals surface area contributed by atoms with Crippen LogP contribution in [0.1, 0.15) is 25.7 Å². The molecule has 0 unspecified atom stereocenters. The zero-order valence-corrected chi connectivity index (χ0v) is 12.5. The zero-order chi connectivity index (χ0) is 14.7. The molecule has 0 aliphatic heterocycles. The predicted molar refractivity (Wildman–Crippen MR) is 76.3 cm³/mol. The summed E-state index contributed by atoms with van der Waals surface area (Å²) in [6.07, 6.45) is 3.13. The van der Waals surface area contributed by atoms with E-state index in [-0.39, 0.29) is 17.5 Å². The van der Waals surface area contributed by atoms with Crippen LogP contribution in [-0.2, 0) is 6.54 Å². The van der Waals surface area contributed by atoms with Crippen molar-refractivity contribution in [1.29, 1.82) is 0 Å². The number of halogens is 1. The fourth-order valence-electron chi connectivity index (χ4n) is 1.69. The SMILES string of the molecule is CC(C)n1cnnc1CNc1ncc(Br)cc1[N+](=O)[O-]. The van der Waals surface area contributed by atoms with Gasteiger partial charge < -0.3 is 9.88 Å². The molecule has 8 nitrogen and oxygen atoms in total. The van der Waals surface area contributed by atoms with E-state index in [0.29, 0.717) is 16.8 Å². The van der Waals surface area contributed by atoms with Gasteiger partial charge in [-0.1, -0.05) is 0 Å². The van der Waals surface area contributed by atoms with Crippen molar-refractivity contribution in [1.82, 2.24) is 19.7 Å². The summed E-state index contributed by atoms with van der Waals surface area (Å²) < 4.78 is 2.44. The second-order valence-electron chi connectivity index (χ2n) is 4.38. The molecule has 0 saturated heterocycles. The summed E-state index contributed by atoms with van der Waals surface area (Å²) in [6.45, 7) is 4.33. The second-order valence-corrected chi connectivity index (χ2v) is 5.30. The molecule has 0 radical (unpaired) electrons. The number of rotatable bonds is 5. The highest BCUT2D eigenvalue weighted by Crippen LogP contribution is 2.25. The van der Waals surface area contributed by atoms with Crippen LogP contribution in [0.25, 0.3) is 0 Å². The van der Waals surface area contributed by atoms with Gasteiger partial charge in [-0.15, -0.1) is 10.2 Å². The molecule has 0 spiro atoms. The normalized spacial score (nSPS) is 10.8. The Balaban J connectivity index is 2.19. The largest absolute Gasteiger partial charge is 0.357 e. The van der Waals surface area contributed by atoms with Gasteiger partial charge in [0.25, 0.3) is 0 Å². The lowest BCUT2D eigenvalue weighted by Crippen LogP contribution is -2.11. The van der Waals surface area contributed by atoms with E-state index in [4.69, 9.17) is 0 Å². The lowest BCUT2D eigenvalue weighted by molar-refractivity contribution is -0.384. The summed E-state index contributed by atoms with van der Waals surface area (Å²) in [5.74, 6) is 0.899. The van der Waals surface area contributed by atoms with Crippen molar-refractivity contribution < 1.29 is 4.92 Å². The standard InChI is InChI=1S/C11H13BrN6O2/c1-7(2)17-6-15-16-10(17)5-14-11-9(18(19)20)3-8(12)4-13-11/h3-4,6-7H,5H2,1-2H3,(H,13,14). The van der Waals surface area contributed by atoms with E-state index in [1.807, 2.05) is 18.4 Å². The minimum Gasteiger partial charge on any atom is -0.357 e. The predicted octanol–water partition coefficient (Wildman–Crippen LogP) is 2.54. The summed E-state index contributed by atoms with van der Waals surface area (Å²) in [5, 5.41) is 21.7. The fraction of sp³-hybridized carbons (Fsp3) is 0.364. The average Bonchev–Trinajstić information content (AvgIpc) is 2.85. The number of nitrogens with zero attached hydrogens (tertiary/aromatic N) is 5. The Morgan fingerprint density at radius 3 is 2.95 bits per heavy atom. The smallest absolute Gasteiger partial charge is 0.312 e. The molecule has 0 bridgehead atoms. The number of anilines is 1. The van der Waals surface area contributed by atoms with Crippen LogP contribution in [-0.4, -0.2) is 24.7 Å². The average molecular weight is 341 g/mol. The maximum absolute atomic E-state index is 11.0. The minimum atomic E-state index is -0.479. The highest BCUT2D eigenvalue weighted by molar-refractivity contribution is 9.10. The Morgan fingerprint density at radius 2 is 2.30 bits per heavy atom. The third kappa shape index (κ3) is 3.10. The lowest BCUT2D eigenvalue weighted by atomic mass is 10.3. The van der Waals surface area contributed by atoms with Gasteiger partial charge in [-0.3, -0.25) is 10.1 Å². The van der Waals surface area contributed by atoms with Gasteiger partial charge in [0.1, 0.15) is 6.33 Å². The lowest BCUT2D eigenvalue weighted by Gasteiger charge is -2.11. The summed E-state index contributed by atoms with van der Waals surface area (Å²) in [7, 11) is 0. The third-order valence-corrected chi connectivity index (χ3v) is 3.08. The summed E-state index contributed by atoms with van der Waals surface area (Å²) in [6, 6.07) is 1.62. The van der Waals surface area contributed by atoms with Gasteiger partial charge in [0, 0.05) is 22.8 Å². The minimum absolute atomic E-state index is 0.0880. The Bertz CT molecular complexity index is 627. The van der Waals surface area contributed by atoms with Crippen LogP contribution in [0.4, 0.5) is 11.5 Å². The van der Waals surface area contributed by atoms with Crippen molar-refractivity contribution in [3.63, 3.8) is 0 Å². The van der Waals surface area contributed by atoms with Crippen LogP contribution < -0.4 is 5.32 Å². The molecule has 2 rings (SSSR count).